The summed E-state index contributed by atoms with van der Waals surface area (Å²) >= 11 is 0. The Morgan fingerprint density at radius 3 is 2.17 bits per heavy atom. The molecule has 5 rings (SSSR count). The van der Waals surface area contributed by atoms with Crippen molar-refractivity contribution in [2.75, 3.05) is 44.2 Å². The Balaban J connectivity index is 0.000000612. The van der Waals surface area contributed by atoms with E-state index in [9.17, 15) is 14.4 Å². The topological polar surface area (TPSA) is 165 Å². The average Bonchev–Trinajstić information content (AvgIpc) is 2.99. The Kier molecular flexibility index (Phi) is 9.22. The van der Waals surface area contributed by atoms with Crippen LogP contribution >= 0.6 is 0 Å². The number of aromatic nitrogens is 2. The van der Waals surface area contributed by atoms with Gasteiger partial charge in [-0.05, 0) is 12.1 Å². The van der Waals surface area contributed by atoms with Crippen molar-refractivity contribution < 1.29 is 29.0 Å². The van der Waals surface area contributed by atoms with Gasteiger partial charge in [0.1, 0.15) is 29.5 Å². The second-order valence-corrected chi connectivity index (χ2v) is 9.53. The number of carboxylic acids is 2. The molecule has 220 valence electrons. The number of piperazine rings is 1. The zero-order valence-electron chi connectivity index (χ0n) is 23.1. The van der Waals surface area contributed by atoms with Crippen molar-refractivity contribution in [3.05, 3.63) is 91.7 Å². The van der Waals surface area contributed by atoms with Gasteiger partial charge in [0.25, 0.3) is 5.56 Å². The number of hydrogen-bond acceptors (Lipinski definition) is 9. The maximum atomic E-state index is 12.6. The van der Waals surface area contributed by atoms with E-state index >= 15 is 0 Å². The minimum Gasteiger partial charge on any atom is -0.492 e. The van der Waals surface area contributed by atoms with Crippen molar-refractivity contribution in [3.8, 4) is 17.1 Å². The minimum absolute atomic E-state index is 0.0895. The Labute approximate surface area is 239 Å². The van der Waals surface area contributed by atoms with Crippen LogP contribution in [-0.4, -0.2) is 75.5 Å². The fourth-order valence-corrected chi connectivity index (χ4v) is 4.49. The fraction of sp³-hybridized carbons (Fsp3) is 0.276. The molecule has 1 fully saturated rings. The number of anilines is 1. The van der Waals surface area contributed by atoms with E-state index in [1.54, 1.807) is 25.2 Å². The number of fused-ring (bicyclic) bond motifs is 1. The van der Waals surface area contributed by atoms with Crippen LogP contribution in [0.4, 0.5) is 5.82 Å². The molecule has 1 saturated heterocycles. The number of carbonyl (C=O) groups is 2. The predicted molar refractivity (Wildman–Crippen MR) is 154 cm³/mol. The summed E-state index contributed by atoms with van der Waals surface area (Å²) in [5.74, 6) is -1.84. The molecule has 0 saturated carbocycles. The van der Waals surface area contributed by atoms with Gasteiger partial charge in [0.05, 0.1) is 5.39 Å². The van der Waals surface area contributed by atoms with Crippen LogP contribution in [0.5, 0.6) is 5.75 Å². The summed E-state index contributed by atoms with van der Waals surface area (Å²) in [6, 6.07) is 17.8. The van der Waals surface area contributed by atoms with Crippen LogP contribution < -0.4 is 26.3 Å². The molecular weight excluding hydrogens is 548 g/mol. The number of rotatable bonds is 6. The fourth-order valence-electron chi connectivity index (χ4n) is 4.49. The normalized spacial score (nSPS) is 13.3. The predicted octanol–water partition coefficient (Wildman–Crippen LogP) is 1.21. The molecule has 2 aromatic heterocycles. The maximum Gasteiger partial charge on any atom is 0.414 e. The van der Waals surface area contributed by atoms with Gasteiger partial charge < -0.3 is 24.3 Å². The van der Waals surface area contributed by atoms with Gasteiger partial charge in [-0.3, -0.25) is 23.6 Å². The third-order valence-electron chi connectivity index (χ3n) is 6.82. The van der Waals surface area contributed by atoms with Crippen LogP contribution in [0.1, 0.15) is 0 Å². The first-order valence-electron chi connectivity index (χ1n) is 13.0. The Morgan fingerprint density at radius 1 is 0.857 bits per heavy atom. The summed E-state index contributed by atoms with van der Waals surface area (Å²) in [6.45, 7) is 4.22. The summed E-state index contributed by atoms with van der Waals surface area (Å²) in [5, 5.41) is 15.3. The van der Waals surface area contributed by atoms with Crippen molar-refractivity contribution >= 4 is 28.7 Å². The molecular formula is C29H30N4O9. The van der Waals surface area contributed by atoms with Gasteiger partial charge in [-0.2, -0.15) is 0 Å². The molecule has 0 unspecified atom stereocenters. The van der Waals surface area contributed by atoms with Gasteiger partial charge in [-0.15, -0.1) is 0 Å². The highest BCUT2D eigenvalue weighted by Gasteiger charge is 2.20. The Bertz CT molecular complexity index is 1760. The largest absolute Gasteiger partial charge is 0.492 e. The zero-order valence-corrected chi connectivity index (χ0v) is 23.1. The van der Waals surface area contributed by atoms with Crippen molar-refractivity contribution in [1.82, 2.24) is 14.0 Å². The van der Waals surface area contributed by atoms with Gasteiger partial charge in [-0.1, -0.05) is 30.3 Å². The third kappa shape index (κ3) is 6.93. The molecule has 1 aliphatic rings. The first-order chi connectivity index (χ1) is 20.0. The van der Waals surface area contributed by atoms with Gasteiger partial charge >= 0.3 is 17.6 Å². The average molecular weight is 579 g/mol. The van der Waals surface area contributed by atoms with Crippen LogP contribution in [0.2, 0.25) is 0 Å². The lowest BCUT2D eigenvalue weighted by atomic mass is 10.1. The SMILES string of the molecule is Cn1c(N2CCN(CCOc3ccc4c(=O)cc(-c5ccccc5)oc4c3)CC2)cc(=O)n(C)c1=O.O=C(O)C(=O)O. The number of nitrogens with zero attached hydrogens (tertiary/aromatic N) is 4. The van der Waals surface area contributed by atoms with Crippen molar-refractivity contribution in [3.63, 3.8) is 0 Å². The van der Waals surface area contributed by atoms with E-state index < -0.39 is 11.9 Å². The van der Waals surface area contributed by atoms with Crippen molar-refractivity contribution in [2.24, 2.45) is 14.1 Å². The molecule has 2 aromatic carbocycles. The first-order valence-corrected chi connectivity index (χ1v) is 13.0. The molecule has 0 spiro atoms. The summed E-state index contributed by atoms with van der Waals surface area (Å²) in [6.07, 6.45) is 0. The number of benzene rings is 2. The molecule has 42 heavy (non-hydrogen) atoms. The molecule has 3 heterocycles. The zero-order chi connectivity index (χ0) is 30.4. The van der Waals surface area contributed by atoms with Gasteiger partial charge in [0, 0.05) is 70.6 Å². The van der Waals surface area contributed by atoms with Crippen molar-refractivity contribution in [1.29, 1.82) is 0 Å². The third-order valence-corrected chi connectivity index (χ3v) is 6.82. The second-order valence-electron chi connectivity index (χ2n) is 9.53. The summed E-state index contributed by atoms with van der Waals surface area (Å²) in [5.41, 5.74) is 0.625. The quantitative estimate of drug-likeness (QED) is 0.316. The molecule has 4 aromatic rings. The van der Waals surface area contributed by atoms with Gasteiger partial charge in [0.2, 0.25) is 0 Å². The van der Waals surface area contributed by atoms with Crippen LogP contribution in [0.25, 0.3) is 22.3 Å². The molecule has 13 nitrogen and oxygen atoms in total. The Morgan fingerprint density at radius 2 is 1.52 bits per heavy atom. The molecule has 1 aliphatic heterocycles. The molecule has 0 bridgehead atoms. The van der Waals surface area contributed by atoms with E-state index in [1.807, 2.05) is 30.3 Å². The monoisotopic (exact) mass is 578 g/mol. The molecule has 0 atom stereocenters. The van der Waals surface area contributed by atoms with E-state index in [4.69, 9.17) is 29.0 Å². The van der Waals surface area contributed by atoms with E-state index in [0.29, 0.717) is 48.0 Å². The van der Waals surface area contributed by atoms with E-state index in [1.165, 1.54) is 23.7 Å². The summed E-state index contributed by atoms with van der Waals surface area (Å²) in [7, 11) is 3.17. The number of carboxylic acid groups (broad SMARTS) is 2. The van der Waals surface area contributed by atoms with E-state index in [2.05, 4.69) is 9.80 Å². The highest BCUT2D eigenvalue weighted by molar-refractivity contribution is 6.27. The number of ether oxygens (including phenoxy) is 1. The van der Waals surface area contributed by atoms with Crippen LogP contribution in [0.3, 0.4) is 0 Å². The summed E-state index contributed by atoms with van der Waals surface area (Å²) in [4.78, 5) is 59.4. The lowest BCUT2D eigenvalue weighted by Gasteiger charge is -2.36. The van der Waals surface area contributed by atoms with Gasteiger partial charge in [-0.25, -0.2) is 14.4 Å². The second kappa shape index (κ2) is 13.0. The molecule has 2 N–H and O–H groups in total. The minimum atomic E-state index is -1.82. The van der Waals surface area contributed by atoms with Crippen LogP contribution in [0.15, 0.2) is 79.5 Å². The first kappa shape index (κ1) is 29.8. The molecule has 0 radical (unpaired) electrons. The van der Waals surface area contributed by atoms with E-state index in [0.717, 1.165) is 29.8 Å². The van der Waals surface area contributed by atoms with Crippen LogP contribution in [0, 0.1) is 0 Å². The van der Waals surface area contributed by atoms with Crippen LogP contribution in [-0.2, 0) is 23.7 Å². The lowest BCUT2D eigenvalue weighted by Crippen LogP contribution is -2.50. The highest BCUT2D eigenvalue weighted by atomic mass is 16.5. The lowest BCUT2D eigenvalue weighted by molar-refractivity contribution is -0.159. The standard InChI is InChI=1S/C27H28N4O5.C2H2O4/c1-28-25(18-26(33)29(2)27(28)34)31-12-10-30(11-13-31)14-15-35-20-8-9-21-22(32)17-23(36-24(21)16-20)19-6-4-3-5-7-19;3-1(4)2(5)6/h3-9,16-18H,10-15H2,1-2H3;(H,3,4)(H,5,6). The number of aliphatic carboxylic acids is 2. The smallest absolute Gasteiger partial charge is 0.414 e. The van der Waals surface area contributed by atoms with E-state index in [-0.39, 0.29) is 16.7 Å². The highest BCUT2D eigenvalue weighted by Crippen LogP contribution is 2.25. The Hall–Kier alpha value is -5.17. The maximum absolute atomic E-state index is 12.6. The summed E-state index contributed by atoms with van der Waals surface area (Å²) < 4.78 is 14.6. The van der Waals surface area contributed by atoms with Crippen molar-refractivity contribution in [2.45, 2.75) is 0 Å². The number of hydrogen-bond donors (Lipinski definition) is 2. The molecule has 13 heteroatoms. The molecule has 0 aliphatic carbocycles. The van der Waals surface area contributed by atoms with Gasteiger partial charge in [0.15, 0.2) is 5.43 Å². The molecule has 0 amide bonds.